The molecule has 0 saturated carbocycles. The third-order valence-electron chi connectivity index (χ3n) is 5.91. The fraction of sp³-hybridized carbons (Fsp3) is 0.391. The van der Waals surface area contributed by atoms with Crippen LogP contribution in [0.2, 0.25) is 0 Å². The fourth-order valence-corrected chi connectivity index (χ4v) is 5.41. The highest BCUT2D eigenvalue weighted by atomic mass is 32.2. The zero-order valence-electron chi connectivity index (χ0n) is 18.8. The van der Waals surface area contributed by atoms with Gasteiger partial charge in [0.15, 0.2) is 5.65 Å². The van der Waals surface area contributed by atoms with Crippen LogP contribution in [-0.2, 0) is 17.3 Å². The van der Waals surface area contributed by atoms with Gasteiger partial charge in [0.25, 0.3) is 0 Å². The molecule has 2 atom stereocenters. The molecule has 1 saturated heterocycles. The monoisotopic (exact) mass is 464 g/mol. The zero-order chi connectivity index (χ0) is 22.8. The summed E-state index contributed by atoms with van der Waals surface area (Å²) in [4.78, 5) is 9.40. The van der Waals surface area contributed by atoms with Crippen LogP contribution in [-0.4, -0.2) is 51.9 Å². The number of piperidine rings is 1. The molecule has 0 amide bonds. The lowest BCUT2D eigenvalue weighted by molar-refractivity contribution is 0.517. The molecule has 4 aromatic rings. The van der Waals surface area contributed by atoms with Crippen LogP contribution in [0.4, 0.5) is 5.95 Å². The van der Waals surface area contributed by atoms with Gasteiger partial charge < -0.3 is 10.6 Å². The Balaban J connectivity index is 1.50. The van der Waals surface area contributed by atoms with Gasteiger partial charge in [0.2, 0.25) is 11.1 Å². The molecule has 0 radical (unpaired) electrons. The van der Waals surface area contributed by atoms with Crippen LogP contribution in [0, 0.1) is 0 Å². The largest absolute Gasteiger partial charge is 0.350 e. The van der Waals surface area contributed by atoms with Crippen LogP contribution in [0.25, 0.3) is 11.3 Å². The molecular formula is C23H28N8OS. The van der Waals surface area contributed by atoms with Crippen molar-refractivity contribution in [2.24, 2.45) is 0 Å². The molecule has 1 aliphatic heterocycles. The first-order chi connectivity index (χ1) is 16.1. The van der Waals surface area contributed by atoms with Crippen molar-refractivity contribution in [3.63, 3.8) is 0 Å². The van der Waals surface area contributed by atoms with Gasteiger partial charge in [-0.25, -0.2) is 9.67 Å². The average molecular weight is 465 g/mol. The molecule has 4 heterocycles. The van der Waals surface area contributed by atoms with E-state index >= 15 is 0 Å². The highest BCUT2D eigenvalue weighted by molar-refractivity contribution is 7.85. The highest BCUT2D eigenvalue weighted by Crippen LogP contribution is 2.24. The van der Waals surface area contributed by atoms with Gasteiger partial charge in [-0.05, 0) is 43.0 Å². The van der Waals surface area contributed by atoms with E-state index in [0.717, 1.165) is 42.7 Å². The number of hydrogen-bond acceptors (Lipinski definition) is 7. The molecule has 1 fully saturated rings. The maximum absolute atomic E-state index is 13.4. The number of benzene rings is 1. The highest BCUT2D eigenvalue weighted by Gasteiger charge is 2.25. The van der Waals surface area contributed by atoms with Crippen LogP contribution in [0.3, 0.4) is 0 Å². The van der Waals surface area contributed by atoms with Gasteiger partial charge in [0.1, 0.15) is 0 Å². The van der Waals surface area contributed by atoms with Gasteiger partial charge in [0.05, 0.1) is 27.9 Å². The second-order valence-electron chi connectivity index (χ2n) is 8.52. The van der Waals surface area contributed by atoms with E-state index in [9.17, 15) is 4.21 Å². The summed E-state index contributed by atoms with van der Waals surface area (Å²) >= 11 is 0. The summed E-state index contributed by atoms with van der Waals surface area (Å²) in [6.07, 6.45) is 7.43. The van der Waals surface area contributed by atoms with Crippen LogP contribution < -0.4 is 10.6 Å². The molecule has 33 heavy (non-hydrogen) atoms. The Kier molecular flexibility index (Phi) is 6.19. The lowest BCUT2D eigenvalue weighted by Gasteiger charge is -2.21. The maximum atomic E-state index is 13.4. The molecule has 1 aromatic carbocycles. The van der Waals surface area contributed by atoms with Crippen LogP contribution in [0.15, 0.2) is 54.1 Å². The summed E-state index contributed by atoms with van der Waals surface area (Å²) in [5, 5.41) is 16.0. The minimum absolute atomic E-state index is 0.0139. The lowest BCUT2D eigenvalue weighted by atomic mass is 10.1. The Morgan fingerprint density at radius 2 is 2.09 bits per heavy atom. The molecule has 0 aliphatic carbocycles. The van der Waals surface area contributed by atoms with Gasteiger partial charge in [-0.2, -0.15) is 19.7 Å². The summed E-state index contributed by atoms with van der Waals surface area (Å²) in [5.74, 6) is 0.776. The van der Waals surface area contributed by atoms with E-state index in [4.69, 9.17) is 4.98 Å². The number of nitrogens with one attached hydrogen (secondary N) is 2. The summed E-state index contributed by atoms with van der Waals surface area (Å²) in [7, 11) is -1.30. The number of nitrogens with zero attached hydrogens (tertiary/aromatic N) is 6. The number of anilines is 1. The van der Waals surface area contributed by atoms with Crippen molar-refractivity contribution in [2.45, 2.75) is 49.6 Å². The van der Waals surface area contributed by atoms with E-state index in [0.29, 0.717) is 23.3 Å². The predicted molar refractivity (Wildman–Crippen MR) is 128 cm³/mol. The Morgan fingerprint density at radius 1 is 1.21 bits per heavy atom. The van der Waals surface area contributed by atoms with Crippen molar-refractivity contribution in [1.29, 1.82) is 0 Å². The van der Waals surface area contributed by atoms with Gasteiger partial charge in [-0.1, -0.05) is 32.0 Å². The Morgan fingerprint density at radius 3 is 2.85 bits per heavy atom. The van der Waals surface area contributed by atoms with Gasteiger partial charge in [-0.3, -0.25) is 4.21 Å². The van der Waals surface area contributed by atoms with Crippen LogP contribution >= 0.6 is 0 Å². The Labute approximate surface area is 195 Å². The minimum Gasteiger partial charge on any atom is -0.350 e. The lowest BCUT2D eigenvalue weighted by Crippen LogP contribution is -2.36. The molecule has 0 bridgehead atoms. The van der Waals surface area contributed by atoms with E-state index in [-0.39, 0.29) is 11.2 Å². The van der Waals surface area contributed by atoms with Crippen molar-refractivity contribution in [3.8, 4) is 5.69 Å². The minimum atomic E-state index is -1.30. The first-order valence-electron chi connectivity index (χ1n) is 11.3. The van der Waals surface area contributed by atoms with Crippen LogP contribution in [0.5, 0.6) is 0 Å². The molecule has 1 aliphatic rings. The first-order valence-corrected chi connectivity index (χ1v) is 12.5. The number of fused-ring (bicyclic) bond motifs is 1. The molecule has 10 heteroatoms. The standard InChI is InChI=1S/C23H28N8OS/c1-16(2)19-15-27-31-21(19)28-23(33(32)18-8-5-10-24-14-18)29-22(31)25-13-17-7-3-4-9-20(17)30-12-6-11-26-30/h3-4,6-7,9,11-12,15-16,18,24H,5,8,10,13-14H2,1-2H3,(H,25,28,29)/t18?,33-/m1/s1. The van der Waals surface area contributed by atoms with Crippen molar-refractivity contribution < 1.29 is 4.21 Å². The second kappa shape index (κ2) is 9.40. The van der Waals surface area contributed by atoms with Gasteiger partial charge in [0, 0.05) is 31.0 Å². The molecule has 1 unspecified atom stereocenters. The molecule has 3 aromatic heterocycles. The maximum Gasteiger partial charge on any atom is 0.228 e. The topological polar surface area (TPSA) is 102 Å². The third kappa shape index (κ3) is 4.40. The van der Waals surface area contributed by atoms with E-state index in [1.165, 1.54) is 0 Å². The van der Waals surface area contributed by atoms with Crippen molar-refractivity contribution in [1.82, 2.24) is 34.7 Å². The fourth-order valence-electron chi connectivity index (χ4n) is 4.11. The quantitative estimate of drug-likeness (QED) is 0.434. The van der Waals surface area contributed by atoms with E-state index < -0.39 is 10.8 Å². The van der Waals surface area contributed by atoms with E-state index in [1.807, 2.05) is 41.3 Å². The van der Waals surface area contributed by atoms with Gasteiger partial charge >= 0.3 is 0 Å². The predicted octanol–water partition coefficient (Wildman–Crippen LogP) is 2.91. The van der Waals surface area contributed by atoms with Crippen molar-refractivity contribution in [3.05, 3.63) is 60.0 Å². The number of rotatable bonds is 7. The molecule has 5 rings (SSSR count). The third-order valence-corrected chi connectivity index (χ3v) is 7.46. The second-order valence-corrected chi connectivity index (χ2v) is 10.1. The Hall–Kier alpha value is -3.11. The number of aromatic nitrogens is 6. The molecule has 0 spiro atoms. The molecule has 9 nitrogen and oxygen atoms in total. The smallest absolute Gasteiger partial charge is 0.228 e. The van der Waals surface area contributed by atoms with Crippen LogP contribution in [0.1, 0.15) is 43.7 Å². The zero-order valence-corrected chi connectivity index (χ0v) is 19.6. The normalized spacial score (nSPS) is 17.5. The number of hydrogen-bond donors (Lipinski definition) is 2. The molecule has 2 N–H and O–H groups in total. The Bertz CT molecular complexity index is 1260. The summed E-state index contributed by atoms with van der Waals surface area (Å²) in [6.45, 7) is 6.41. The SMILES string of the molecule is CC(C)c1cnn2c(NCc3ccccc3-n3cccn3)nc([S@](=O)C3CCCNC3)nc12. The molecule has 172 valence electrons. The van der Waals surface area contributed by atoms with Crippen molar-refractivity contribution >= 4 is 22.4 Å². The van der Waals surface area contributed by atoms with E-state index in [2.05, 4.69) is 45.7 Å². The summed E-state index contributed by atoms with van der Waals surface area (Å²) < 4.78 is 16.9. The summed E-state index contributed by atoms with van der Waals surface area (Å²) in [6, 6.07) is 9.97. The van der Waals surface area contributed by atoms with Gasteiger partial charge in [-0.15, -0.1) is 0 Å². The van der Waals surface area contributed by atoms with E-state index in [1.54, 1.807) is 10.7 Å². The van der Waals surface area contributed by atoms with Crippen molar-refractivity contribution in [2.75, 3.05) is 18.4 Å². The first kappa shape index (κ1) is 21.7. The summed E-state index contributed by atoms with van der Waals surface area (Å²) in [5.41, 5.74) is 3.76. The number of para-hydroxylation sites is 1. The molecular weight excluding hydrogens is 436 g/mol. The average Bonchev–Trinajstić information content (AvgIpc) is 3.53.